The summed E-state index contributed by atoms with van der Waals surface area (Å²) >= 11 is 0. The van der Waals surface area contributed by atoms with Crippen molar-refractivity contribution in [2.45, 2.75) is 52.6 Å². The van der Waals surface area contributed by atoms with Gasteiger partial charge in [0.1, 0.15) is 0 Å². The minimum atomic E-state index is 0.345. The van der Waals surface area contributed by atoms with Crippen LogP contribution >= 0.6 is 0 Å². The van der Waals surface area contributed by atoms with E-state index in [4.69, 9.17) is 10.5 Å². The highest BCUT2D eigenvalue weighted by atomic mass is 16.5. The second kappa shape index (κ2) is 11.0. The molecule has 0 aromatic heterocycles. The van der Waals surface area contributed by atoms with E-state index in [1.807, 2.05) is 0 Å². The van der Waals surface area contributed by atoms with Crippen LogP contribution in [0, 0.1) is 5.92 Å². The summed E-state index contributed by atoms with van der Waals surface area (Å²) < 4.78 is 5.54. The standard InChI is InChI=1S/C14H32N2O/c1-5-14(8-9-15)7-6-10-16(4)11-12-17-13(2)3/h13-14H,5-12,15H2,1-4H3. The van der Waals surface area contributed by atoms with Gasteiger partial charge in [-0.1, -0.05) is 13.3 Å². The van der Waals surface area contributed by atoms with E-state index in [1.165, 1.54) is 32.2 Å². The number of likely N-dealkylation sites (N-methyl/N-ethyl adjacent to an activating group) is 1. The molecule has 0 heterocycles. The van der Waals surface area contributed by atoms with Crippen molar-refractivity contribution in [2.75, 3.05) is 33.3 Å². The van der Waals surface area contributed by atoms with Crippen LogP contribution in [0.4, 0.5) is 0 Å². The van der Waals surface area contributed by atoms with Gasteiger partial charge in [0.2, 0.25) is 0 Å². The number of nitrogens with zero attached hydrogens (tertiary/aromatic N) is 1. The molecule has 0 aromatic carbocycles. The van der Waals surface area contributed by atoms with Gasteiger partial charge in [-0.3, -0.25) is 0 Å². The van der Waals surface area contributed by atoms with E-state index in [2.05, 4.69) is 32.7 Å². The Hall–Kier alpha value is -0.120. The van der Waals surface area contributed by atoms with Gasteiger partial charge >= 0.3 is 0 Å². The molecule has 0 spiro atoms. The molecule has 0 saturated carbocycles. The predicted octanol–water partition coefficient (Wildman–Crippen LogP) is 2.50. The van der Waals surface area contributed by atoms with Gasteiger partial charge in [0.05, 0.1) is 12.7 Å². The largest absolute Gasteiger partial charge is 0.377 e. The van der Waals surface area contributed by atoms with E-state index >= 15 is 0 Å². The summed E-state index contributed by atoms with van der Waals surface area (Å²) in [7, 11) is 2.17. The highest BCUT2D eigenvalue weighted by molar-refractivity contribution is 4.60. The van der Waals surface area contributed by atoms with Crippen LogP contribution < -0.4 is 5.73 Å². The minimum Gasteiger partial charge on any atom is -0.377 e. The number of hydrogen-bond donors (Lipinski definition) is 1. The quantitative estimate of drug-likeness (QED) is 0.607. The molecule has 0 rings (SSSR count). The van der Waals surface area contributed by atoms with Crippen LogP contribution in [0.3, 0.4) is 0 Å². The Kier molecular flexibility index (Phi) is 10.9. The first kappa shape index (κ1) is 16.9. The highest BCUT2D eigenvalue weighted by Gasteiger charge is 2.06. The van der Waals surface area contributed by atoms with Gasteiger partial charge in [-0.05, 0) is 59.2 Å². The van der Waals surface area contributed by atoms with Crippen LogP contribution in [0.15, 0.2) is 0 Å². The molecule has 17 heavy (non-hydrogen) atoms. The first-order chi connectivity index (χ1) is 8.10. The predicted molar refractivity (Wildman–Crippen MR) is 75.3 cm³/mol. The maximum absolute atomic E-state index is 5.60. The van der Waals surface area contributed by atoms with E-state index in [1.54, 1.807) is 0 Å². The second-order valence-corrected chi connectivity index (χ2v) is 5.22. The van der Waals surface area contributed by atoms with Crippen LogP contribution in [0.25, 0.3) is 0 Å². The molecule has 3 nitrogen and oxygen atoms in total. The molecule has 0 fully saturated rings. The Balaban J connectivity index is 3.45. The summed E-state index contributed by atoms with van der Waals surface area (Å²) in [6.45, 7) is 10.3. The summed E-state index contributed by atoms with van der Waals surface area (Å²) in [4.78, 5) is 2.36. The van der Waals surface area contributed by atoms with Gasteiger partial charge < -0.3 is 15.4 Å². The fraction of sp³-hybridized carbons (Fsp3) is 1.00. The summed E-state index contributed by atoms with van der Waals surface area (Å²) in [5.74, 6) is 0.820. The first-order valence-corrected chi connectivity index (χ1v) is 7.10. The molecule has 2 N–H and O–H groups in total. The average Bonchev–Trinajstić information content (AvgIpc) is 2.27. The van der Waals surface area contributed by atoms with Crippen molar-refractivity contribution < 1.29 is 4.74 Å². The molecule has 1 atom stereocenters. The molecule has 0 saturated heterocycles. The van der Waals surface area contributed by atoms with Crippen molar-refractivity contribution in [1.82, 2.24) is 4.90 Å². The summed E-state index contributed by atoms with van der Waals surface area (Å²) in [5.41, 5.74) is 5.60. The molecular formula is C14H32N2O. The van der Waals surface area contributed by atoms with Crippen LogP contribution in [-0.4, -0.2) is 44.3 Å². The van der Waals surface area contributed by atoms with Crippen LogP contribution in [0.5, 0.6) is 0 Å². The molecule has 104 valence electrons. The highest BCUT2D eigenvalue weighted by Crippen LogP contribution is 2.14. The lowest BCUT2D eigenvalue weighted by atomic mass is 9.97. The Labute approximate surface area is 108 Å². The van der Waals surface area contributed by atoms with E-state index in [0.717, 1.165) is 25.6 Å². The van der Waals surface area contributed by atoms with Crippen molar-refractivity contribution in [3.63, 3.8) is 0 Å². The minimum absolute atomic E-state index is 0.345. The lowest BCUT2D eigenvalue weighted by molar-refractivity contribution is 0.0634. The zero-order chi connectivity index (χ0) is 13.1. The maximum Gasteiger partial charge on any atom is 0.0596 e. The molecule has 3 heteroatoms. The summed E-state index contributed by atoms with van der Waals surface area (Å²) in [6, 6.07) is 0. The normalized spacial score (nSPS) is 13.6. The lowest BCUT2D eigenvalue weighted by Gasteiger charge is -2.19. The average molecular weight is 244 g/mol. The zero-order valence-electron chi connectivity index (χ0n) is 12.2. The monoisotopic (exact) mass is 244 g/mol. The molecule has 0 aliphatic heterocycles. The zero-order valence-corrected chi connectivity index (χ0v) is 12.2. The maximum atomic E-state index is 5.60. The third-order valence-electron chi connectivity index (χ3n) is 3.23. The topological polar surface area (TPSA) is 38.5 Å². The fourth-order valence-electron chi connectivity index (χ4n) is 1.99. The Morgan fingerprint density at radius 1 is 1.18 bits per heavy atom. The molecule has 0 aromatic rings. The molecule has 0 bridgehead atoms. The van der Waals surface area contributed by atoms with Gasteiger partial charge in [0.15, 0.2) is 0 Å². The number of hydrogen-bond acceptors (Lipinski definition) is 3. The van der Waals surface area contributed by atoms with Crippen molar-refractivity contribution in [3.8, 4) is 0 Å². The van der Waals surface area contributed by atoms with Gasteiger partial charge in [0.25, 0.3) is 0 Å². The second-order valence-electron chi connectivity index (χ2n) is 5.22. The van der Waals surface area contributed by atoms with E-state index in [0.29, 0.717) is 6.10 Å². The lowest BCUT2D eigenvalue weighted by Crippen LogP contribution is -2.25. The summed E-state index contributed by atoms with van der Waals surface area (Å²) in [5, 5.41) is 0. The van der Waals surface area contributed by atoms with Gasteiger partial charge in [-0.25, -0.2) is 0 Å². The van der Waals surface area contributed by atoms with E-state index < -0.39 is 0 Å². The van der Waals surface area contributed by atoms with Crippen molar-refractivity contribution in [3.05, 3.63) is 0 Å². The Bertz CT molecular complexity index is 162. The van der Waals surface area contributed by atoms with E-state index in [9.17, 15) is 0 Å². The number of nitrogens with two attached hydrogens (primary N) is 1. The summed E-state index contributed by atoms with van der Waals surface area (Å²) in [6.07, 6.45) is 5.37. The molecule has 0 aliphatic carbocycles. The van der Waals surface area contributed by atoms with Crippen LogP contribution in [0.1, 0.15) is 46.5 Å². The van der Waals surface area contributed by atoms with E-state index in [-0.39, 0.29) is 0 Å². The number of rotatable bonds is 11. The molecule has 0 amide bonds. The van der Waals surface area contributed by atoms with Crippen LogP contribution in [0.2, 0.25) is 0 Å². The SMILES string of the molecule is CCC(CCN)CCCN(C)CCOC(C)C. The smallest absolute Gasteiger partial charge is 0.0596 e. The molecular weight excluding hydrogens is 212 g/mol. The Morgan fingerprint density at radius 2 is 1.88 bits per heavy atom. The third kappa shape index (κ3) is 10.7. The third-order valence-corrected chi connectivity index (χ3v) is 3.23. The Morgan fingerprint density at radius 3 is 2.41 bits per heavy atom. The fourth-order valence-corrected chi connectivity index (χ4v) is 1.99. The van der Waals surface area contributed by atoms with Crippen molar-refractivity contribution in [1.29, 1.82) is 0 Å². The first-order valence-electron chi connectivity index (χ1n) is 7.10. The molecule has 0 aliphatic rings. The van der Waals surface area contributed by atoms with Crippen LogP contribution in [-0.2, 0) is 4.74 Å². The van der Waals surface area contributed by atoms with Gasteiger partial charge in [0, 0.05) is 6.54 Å². The van der Waals surface area contributed by atoms with Gasteiger partial charge in [-0.15, -0.1) is 0 Å². The van der Waals surface area contributed by atoms with Gasteiger partial charge in [-0.2, -0.15) is 0 Å². The molecule has 1 unspecified atom stereocenters. The van der Waals surface area contributed by atoms with Crippen molar-refractivity contribution in [2.24, 2.45) is 11.7 Å². The number of ether oxygens (including phenoxy) is 1. The molecule has 0 radical (unpaired) electrons. The van der Waals surface area contributed by atoms with Crippen molar-refractivity contribution >= 4 is 0 Å².